The van der Waals surface area contributed by atoms with E-state index in [1.807, 2.05) is 23.1 Å². The van der Waals surface area contributed by atoms with Crippen LogP contribution >= 0.6 is 0 Å². The van der Waals surface area contributed by atoms with Gasteiger partial charge in [-0.1, -0.05) is 30.3 Å². The van der Waals surface area contributed by atoms with Crippen LogP contribution in [0.5, 0.6) is 0 Å². The summed E-state index contributed by atoms with van der Waals surface area (Å²) in [6, 6.07) is 12.2. The van der Waals surface area contributed by atoms with Gasteiger partial charge in [0.1, 0.15) is 0 Å². The Labute approximate surface area is 112 Å². The molecule has 1 amide bonds. The summed E-state index contributed by atoms with van der Waals surface area (Å²) in [5, 5.41) is 0. The number of pyridine rings is 1. The average molecular weight is 252 g/mol. The molecule has 0 aliphatic carbocycles. The van der Waals surface area contributed by atoms with Gasteiger partial charge < -0.3 is 4.90 Å². The van der Waals surface area contributed by atoms with Crippen LogP contribution in [0.25, 0.3) is 0 Å². The lowest BCUT2D eigenvalue weighted by molar-refractivity contribution is -0.131. The Kier molecular flexibility index (Phi) is 3.27. The average Bonchev–Trinajstić information content (AvgIpc) is 2.48. The fourth-order valence-corrected chi connectivity index (χ4v) is 2.50. The first-order chi connectivity index (χ1) is 9.33. The summed E-state index contributed by atoms with van der Waals surface area (Å²) in [6.07, 6.45) is 4.88. The number of carbonyl (C=O) groups is 1. The highest BCUT2D eigenvalue weighted by Crippen LogP contribution is 2.19. The van der Waals surface area contributed by atoms with Crippen molar-refractivity contribution in [1.29, 1.82) is 0 Å². The van der Waals surface area contributed by atoms with Crippen LogP contribution in [0.1, 0.15) is 16.7 Å². The van der Waals surface area contributed by atoms with Crippen LogP contribution in [-0.4, -0.2) is 22.3 Å². The van der Waals surface area contributed by atoms with Gasteiger partial charge in [0.25, 0.3) is 0 Å². The van der Waals surface area contributed by atoms with Crippen molar-refractivity contribution in [3.05, 3.63) is 65.5 Å². The Balaban J connectivity index is 1.70. The van der Waals surface area contributed by atoms with Gasteiger partial charge in [-0.2, -0.15) is 0 Å². The molecular weight excluding hydrogens is 236 g/mol. The molecule has 96 valence electrons. The van der Waals surface area contributed by atoms with E-state index in [1.165, 1.54) is 11.1 Å². The number of carbonyl (C=O) groups excluding carboxylic acids is 1. The first kappa shape index (κ1) is 11.9. The van der Waals surface area contributed by atoms with E-state index in [2.05, 4.69) is 23.2 Å². The summed E-state index contributed by atoms with van der Waals surface area (Å²) in [6.45, 7) is 1.55. The molecule has 0 fully saturated rings. The predicted molar refractivity (Wildman–Crippen MR) is 73.5 cm³/mol. The molecule has 1 aromatic carbocycles. The van der Waals surface area contributed by atoms with E-state index in [1.54, 1.807) is 12.4 Å². The molecule has 0 N–H and O–H groups in total. The van der Waals surface area contributed by atoms with Crippen molar-refractivity contribution >= 4 is 5.91 Å². The molecule has 0 atom stereocenters. The van der Waals surface area contributed by atoms with Crippen molar-refractivity contribution in [2.45, 2.75) is 19.4 Å². The molecule has 0 saturated heterocycles. The second-order valence-corrected chi connectivity index (χ2v) is 4.87. The highest BCUT2D eigenvalue weighted by molar-refractivity contribution is 5.79. The number of nitrogens with zero attached hydrogens (tertiary/aromatic N) is 2. The molecule has 0 bridgehead atoms. The Morgan fingerprint density at radius 2 is 2.00 bits per heavy atom. The first-order valence-electron chi connectivity index (χ1n) is 6.56. The molecule has 2 heterocycles. The summed E-state index contributed by atoms with van der Waals surface area (Å²) >= 11 is 0. The SMILES string of the molecule is O=C(Cc1cccnc1)N1CCc2ccccc2C1. The Morgan fingerprint density at radius 3 is 2.79 bits per heavy atom. The third-order valence-corrected chi connectivity index (χ3v) is 3.56. The van der Waals surface area contributed by atoms with E-state index in [4.69, 9.17) is 0 Å². The molecule has 0 unspecified atom stereocenters. The van der Waals surface area contributed by atoms with Crippen molar-refractivity contribution in [2.24, 2.45) is 0 Å². The van der Waals surface area contributed by atoms with E-state index in [-0.39, 0.29) is 5.91 Å². The van der Waals surface area contributed by atoms with Crippen molar-refractivity contribution in [2.75, 3.05) is 6.54 Å². The predicted octanol–water partition coefficient (Wildman–Crippen LogP) is 2.21. The molecule has 1 aromatic heterocycles. The van der Waals surface area contributed by atoms with E-state index < -0.39 is 0 Å². The van der Waals surface area contributed by atoms with Gasteiger partial charge in [0.05, 0.1) is 6.42 Å². The van der Waals surface area contributed by atoms with Gasteiger partial charge in [-0.3, -0.25) is 9.78 Å². The van der Waals surface area contributed by atoms with Crippen molar-refractivity contribution in [1.82, 2.24) is 9.88 Å². The zero-order valence-corrected chi connectivity index (χ0v) is 10.7. The first-order valence-corrected chi connectivity index (χ1v) is 6.56. The third kappa shape index (κ3) is 2.65. The van der Waals surface area contributed by atoms with E-state index >= 15 is 0 Å². The molecular formula is C16H16N2O. The molecule has 0 spiro atoms. The van der Waals surface area contributed by atoms with Crippen molar-refractivity contribution in [3.63, 3.8) is 0 Å². The Morgan fingerprint density at radius 1 is 1.16 bits per heavy atom. The fraction of sp³-hybridized carbons (Fsp3) is 0.250. The van der Waals surface area contributed by atoms with Crippen LogP contribution in [0.2, 0.25) is 0 Å². The summed E-state index contributed by atoms with van der Waals surface area (Å²) < 4.78 is 0. The van der Waals surface area contributed by atoms with Gasteiger partial charge in [-0.25, -0.2) is 0 Å². The maximum atomic E-state index is 12.3. The number of rotatable bonds is 2. The number of aromatic nitrogens is 1. The minimum atomic E-state index is 0.183. The number of benzene rings is 1. The standard InChI is InChI=1S/C16H16N2O/c19-16(10-13-4-3-8-17-11-13)18-9-7-14-5-1-2-6-15(14)12-18/h1-6,8,11H,7,9-10,12H2. The lowest BCUT2D eigenvalue weighted by Gasteiger charge is -2.29. The summed E-state index contributed by atoms with van der Waals surface area (Å²) in [5.74, 6) is 0.183. The molecule has 1 aliphatic rings. The van der Waals surface area contributed by atoms with Crippen LogP contribution in [0.4, 0.5) is 0 Å². The van der Waals surface area contributed by atoms with Crippen molar-refractivity contribution < 1.29 is 4.79 Å². The highest BCUT2D eigenvalue weighted by atomic mass is 16.2. The van der Waals surface area contributed by atoms with E-state index in [0.717, 1.165) is 25.1 Å². The number of hydrogen-bond acceptors (Lipinski definition) is 2. The van der Waals surface area contributed by atoms with Gasteiger partial charge >= 0.3 is 0 Å². The van der Waals surface area contributed by atoms with Crippen LogP contribution < -0.4 is 0 Å². The Bertz CT molecular complexity index is 580. The smallest absolute Gasteiger partial charge is 0.227 e. The molecule has 0 saturated carbocycles. The summed E-state index contributed by atoms with van der Waals surface area (Å²) in [4.78, 5) is 18.3. The minimum absolute atomic E-state index is 0.183. The second kappa shape index (κ2) is 5.22. The van der Waals surface area contributed by atoms with Crippen LogP contribution in [-0.2, 0) is 24.2 Å². The lowest BCUT2D eigenvalue weighted by Crippen LogP contribution is -2.36. The zero-order valence-electron chi connectivity index (χ0n) is 10.7. The zero-order chi connectivity index (χ0) is 13.1. The number of amides is 1. The summed E-state index contributed by atoms with van der Waals surface area (Å²) in [5.41, 5.74) is 3.62. The molecule has 0 radical (unpaired) electrons. The van der Waals surface area contributed by atoms with Gasteiger partial charge in [0.15, 0.2) is 0 Å². The van der Waals surface area contributed by atoms with Gasteiger partial charge in [0, 0.05) is 25.5 Å². The molecule has 3 rings (SSSR count). The number of fused-ring (bicyclic) bond motifs is 1. The maximum absolute atomic E-state index is 12.3. The van der Waals surface area contributed by atoms with Gasteiger partial charge in [-0.05, 0) is 29.2 Å². The molecule has 19 heavy (non-hydrogen) atoms. The van der Waals surface area contributed by atoms with Gasteiger partial charge in [-0.15, -0.1) is 0 Å². The molecule has 3 nitrogen and oxygen atoms in total. The van der Waals surface area contributed by atoms with E-state index in [0.29, 0.717) is 6.42 Å². The maximum Gasteiger partial charge on any atom is 0.227 e. The Hall–Kier alpha value is -2.16. The largest absolute Gasteiger partial charge is 0.338 e. The van der Waals surface area contributed by atoms with Crippen LogP contribution in [0, 0.1) is 0 Å². The highest BCUT2D eigenvalue weighted by Gasteiger charge is 2.20. The van der Waals surface area contributed by atoms with Gasteiger partial charge in [0.2, 0.25) is 5.91 Å². The summed E-state index contributed by atoms with van der Waals surface area (Å²) in [7, 11) is 0. The second-order valence-electron chi connectivity index (χ2n) is 4.87. The quantitative estimate of drug-likeness (QED) is 0.821. The number of hydrogen-bond donors (Lipinski definition) is 0. The monoisotopic (exact) mass is 252 g/mol. The third-order valence-electron chi connectivity index (χ3n) is 3.56. The van der Waals surface area contributed by atoms with Crippen LogP contribution in [0.15, 0.2) is 48.8 Å². The molecule has 3 heteroatoms. The minimum Gasteiger partial charge on any atom is -0.338 e. The van der Waals surface area contributed by atoms with Crippen LogP contribution in [0.3, 0.4) is 0 Å². The van der Waals surface area contributed by atoms with Crippen molar-refractivity contribution in [3.8, 4) is 0 Å². The normalized spacial score (nSPS) is 14.0. The van der Waals surface area contributed by atoms with E-state index in [9.17, 15) is 4.79 Å². The molecule has 2 aromatic rings. The fourth-order valence-electron chi connectivity index (χ4n) is 2.50. The molecule has 1 aliphatic heterocycles. The topological polar surface area (TPSA) is 33.2 Å². The lowest BCUT2D eigenvalue weighted by atomic mass is 9.99.